The van der Waals surface area contributed by atoms with Crippen molar-refractivity contribution in [3.05, 3.63) is 53.6 Å². The third-order valence-electron chi connectivity index (χ3n) is 3.59. The molecule has 0 unspecified atom stereocenters. The molecule has 2 aromatic carbocycles. The number of carbonyl (C=O) groups excluding carboxylic acids is 1. The zero-order valence-electron chi connectivity index (χ0n) is 12.6. The molecule has 5 nitrogen and oxygen atoms in total. The largest absolute Gasteiger partial charge is 0.378 e. The highest BCUT2D eigenvalue weighted by atomic mass is 35.5. The van der Waals surface area contributed by atoms with Gasteiger partial charge in [0.1, 0.15) is 0 Å². The summed E-state index contributed by atoms with van der Waals surface area (Å²) in [5.41, 5.74) is 2.42. The molecule has 0 aliphatic carbocycles. The van der Waals surface area contributed by atoms with Crippen molar-refractivity contribution in [2.75, 3.05) is 41.8 Å². The standard InChI is InChI=1S/C17H18ClN3O2/c18-13-4-3-5-14(12-13)19-17(22)20-15-6-1-2-7-16(15)21-8-10-23-11-9-21/h1-7,12H,8-11H2,(H2,19,20,22). The van der Waals surface area contributed by atoms with Crippen LogP contribution in [0.4, 0.5) is 21.9 Å². The van der Waals surface area contributed by atoms with Gasteiger partial charge in [-0.25, -0.2) is 4.79 Å². The van der Waals surface area contributed by atoms with E-state index in [-0.39, 0.29) is 6.03 Å². The van der Waals surface area contributed by atoms with Crippen molar-refractivity contribution in [2.24, 2.45) is 0 Å². The first-order valence-electron chi connectivity index (χ1n) is 7.48. The molecule has 2 N–H and O–H groups in total. The third-order valence-corrected chi connectivity index (χ3v) is 3.82. The maximum absolute atomic E-state index is 12.2. The summed E-state index contributed by atoms with van der Waals surface area (Å²) in [6, 6.07) is 14.5. The number of benzene rings is 2. The summed E-state index contributed by atoms with van der Waals surface area (Å²) in [6.45, 7) is 3.02. The molecule has 0 radical (unpaired) electrons. The van der Waals surface area contributed by atoms with Gasteiger partial charge in [0, 0.05) is 23.8 Å². The van der Waals surface area contributed by atoms with Gasteiger partial charge in [-0.1, -0.05) is 29.8 Å². The third kappa shape index (κ3) is 4.15. The van der Waals surface area contributed by atoms with Gasteiger partial charge >= 0.3 is 6.03 Å². The summed E-state index contributed by atoms with van der Waals surface area (Å²) < 4.78 is 5.38. The molecule has 1 fully saturated rings. The van der Waals surface area contributed by atoms with Crippen molar-refractivity contribution < 1.29 is 9.53 Å². The molecule has 1 heterocycles. The molecule has 1 aliphatic heterocycles. The van der Waals surface area contributed by atoms with Crippen molar-refractivity contribution in [3.8, 4) is 0 Å². The molecular formula is C17H18ClN3O2. The summed E-state index contributed by atoms with van der Waals surface area (Å²) in [6.07, 6.45) is 0. The number of rotatable bonds is 3. The van der Waals surface area contributed by atoms with Crippen molar-refractivity contribution in [2.45, 2.75) is 0 Å². The van der Waals surface area contributed by atoms with Gasteiger partial charge in [0.25, 0.3) is 0 Å². The Hall–Kier alpha value is -2.24. The molecule has 0 spiro atoms. The number of nitrogens with zero attached hydrogens (tertiary/aromatic N) is 1. The summed E-state index contributed by atoms with van der Waals surface area (Å²) in [5, 5.41) is 6.26. The molecule has 3 rings (SSSR count). The minimum absolute atomic E-state index is 0.298. The zero-order chi connectivity index (χ0) is 16.1. The fourth-order valence-electron chi connectivity index (χ4n) is 2.51. The Balaban J connectivity index is 1.71. The van der Waals surface area contributed by atoms with E-state index < -0.39 is 0 Å². The summed E-state index contributed by atoms with van der Waals surface area (Å²) in [7, 11) is 0. The van der Waals surface area contributed by atoms with Crippen LogP contribution in [-0.2, 0) is 4.74 Å². The van der Waals surface area contributed by atoms with Gasteiger partial charge in [-0.05, 0) is 30.3 Å². The number of amides is 2. The first-order valence-corrected chi connectivity index (χ1v) is 7.85. The van der Waals surface area contributed by atoms with Crippen LogP contribution >= 0.6 is 11.6 Å². The highest BCUT2D eigenvalue weighted by Gasteiger charge is 2.15. The predicted molar refractivity (Wildman–Crippen MR) is 93.6 cm³/mol. The maximum atomic E-state index is 12.2. The second-order valence-electron chi connectivity index (χ2n) is 5.21. The summed E-state index contributed by atoms with van der Waals surface area (Å²) in [5.74, 6) is 0. The molecule has 0 bridgehead atoms. The van der Waals surface area contributed by atoms with Crippen LogP contribution in [0.15, 0.2) is 48.5 Å². The lowest BCUT2D eigenvalue weighted by atomic mass is 10.2. The number of halogens is 1. The fourth-order valence-corrected chi connectivity index (χ4v) is 2.70. The van der Waals surface area contributed by atoms with E-state index in [9.17, 15) is 4.79 Å². The van der Waals surface area contributed by atoms with Crippen LogP contribution in [-0.4, -0.2) is 32.3 Å². The highest BCUT2D eigenvalue weighted by molar-refractivity contribution is 6.30. The monoisotopic (exact) mass is 331 g/mol. The topological polar surface area (TPSA) is 53.6 Å². The molecule has 1 aliphatic rings. The van der Waals surface area contributed by atoms with E-state index in [4.69, 9.17) is 16.3 Å². The van der Waals surface area contributed by atoms with Crippen LogP contribution in [0, 0.1) is 0 Å². The molecule has 2 amide bonds. The molecule has 2 aromatic rings. The normalized spacial score (nSPS) is 14.4. The van der Waals surface area contributed by atoms with Crippen LogP contribution in [0.1, 0.15) is 0 Å². The summed E-state index contributed by atoms with van der Waals surface area (Å²) in [4.78, 5) is 14.4. The molecule has 0 aromatic heterocycles. The molecular weight excluding hydrogens is 314 g/mol. The van der Waals surface area contributed by atoms with Gasteiger partial charge in [0.2, 0.25) is 0 Å². The van der Waals surface area contributed by atoms with E-state index >= 15 is 0 Å². The van der Waals surface area contributed by atoms with E-state index in [0.717, 1.165) is 24.5 Å². The minimum Gasteiger partial charge on any atom is -0.378 e. The number of anilines is 3. The van der Waals surface area contributed by atoms with E-state index in [1.807, 2.05) is 24.3 Å². The van der Waals surface area contributed by atoms with Crippen LogP contribution in [0.2, 0.25) is 5.02 Å². The SMILES string of the molecule is O=C(Nc1cccc(Cl)c1)Nc1ccccc1N1CCOCC1. The maximum Gasteiger partial charge on any atom is 0.323 e. The lowest BCUT2D eigenvalue weighted by molar-refractivity contribution is 0.123. The smallest absolute Gasteiger partial charge is 0.323 e. The second-order valence-corrected chi connectivity index (χ2v) is 5.64. The number of nitrogens with one attached hydrogen (secondary N) is 2. The van der Waals surface area contributed by atoms with E-state index in [0.29, 0.717) is 23.9 Å². The van der Waals surface area contributed by atoms with Gasteiger partial charge in [0.15, 0.2) is 0 Å². The van der Waals surface area contributed by atoms with Gasteiger partial charge < -0.3 is 20.3 Å². The van der Waals surface area contributed by atoms with Crippen molar-refractivity contribution >= 4 is 34.7 Å². The molecule has 120 valence electrons. The minimum atomic E-state index is -0.298. The average molecular weight is 332 g/mol. The lowest BCUT2D eigenvalue weighted by Gasteiger charge is -2.30. The van der Waals surface area contributed by atoms with Crippen LogP contribution in [0.5, 0.6) is 0 Å². The van der Waals surface area contributed by atoms with Gasteiger partial charge in [-0.15, -0.1) is 0 Å². The van der Waals surface area contributed by atoms with Gasteiger partial charge in [-0.3, -0.25) is 0 Å². The number of urea groups is 1. The van der Waals surface area contributed by atoms with E-state index in [1.165, 1.54) is 0 Å². The first kappa shape index (κ1) is 15.6. The lowest BCUT2D eigenvalue weighted by Crippen LogP contribution is -2.36. The Kier molecular flexibility index (Phi) is 5.00. The number of hydrogen-bond acceptors (Lipinski definition) is 3. The fraction of sp³-hybridized carbons (Fsp3) is 0.235. The Morgan fingerprint density at radius 3 is 2.61 bits per heavy atom. The van der Waals surface area contributed by atoms with Crippen LogP contribution in [0.3, 0.4) is 0 Å². The van der Waals surface area contributed by atoms with Crippen LogP contribution < -0.4 is 15.5 Å². The van der Waals surface area contributed by atoms with Crippen molar-refractivity contribution in [3.63, 3.8) is 0 Å². The highest BCUT2D eigenvalue weighted by Crippen LogP contribution is 2.26. The Morgan fingerprint density at radius 1 is 1.04 bits per heavy atom. The zero-order valence-corrected chi connectivity index (χ0v) is 13.3. The Morgan fingerprint density at radius 2 is 1.83 bits per heavy atom. The Labute approximate surface area is 140 Å². The quantitative estimate of drug-likeness (QED) is 0.899. The first-order chi connectivity index (χ1) is 11.2. The van der Waals surface area contributed by atoms with Gasteiger partial charge in [0.05, 0.1) is 24.6 Å². The second kappa shape index (κ2) is 7.35. The molecule has 6 heteroatoms. The number of hydrogen-bond donors (Lipinski definition) is 2. The number of para-hydroxylation sites is 2. The number of ether oxygens (including phenoxy) is 1. The molecule has 23 heavy (non-hydrogen) atoms. The van der Waals surface area contributed by atoms with E-state index in [2.05, 4.69) is 15.5 Å². The number of morpholine rings is 1. The van der Waals surface area contributed by atoms with Crippen LogP contribution in [0.25, 0.3) is 0 Å². The summed E-state index contributed by atoms with van der Waals surface area (Å²) >= 11 is 5.93. The van der Waals surface area contributed by atoms with Gasteiger partial charge in [-0.2, -0.15) is 0 Å². The number of carbonyl (C=O) groups is 1. The van der Waals surface area contributed by atoms with E-state index in [1.54, 1.807) is 24.3 Å². The molecule has 0 saturated carbocycles. The average Bonchev–Trinajstić information content (AvgIpc) is 2.56. The molecule has 0 atom stereocenters. The predicted octanol–water partition coefficient (Wildman–Crippen LogP) is 3.82. The Bertz CT molecular complexity index is 687. The van der Waals surface area contributed by atoms with Crippen molar-refractivity contribution in [1.29, 1.82) is 0 Å². The van der Waals surface area contributed by atoms with Crippen molar-refractivity contribution in [1.82, 2.24) is 0 Å². The molecule has 1 saturated heterocycles.